The Balaban J connectivity index is 2.03. The molecule has 136 valence electrons. The lowest BCUT2D eigenvalue weighted by Crippen LogP contribution is -2.09. The minimum absolute atomic E-state index is 0.165. The van der Waals surface area contributed by atoms with E-state index in [1.807, 2.05) is 6.92 Å². The normalized spacial score (nSPS) is 22.3. The van der Waals surface area contributed by atoms with Gasteiger partial charge in [-0.1, -0.05) is 104 Å². The first-order chi connectivity index (χ1) is 11.1. The van der Waals surface area contributed by atoms with Crippen LogP contribution in [0.2, 0.25) is 0 Å². The molecule has 3 atom stereocenters. The van der Waals surface area contributed by atoms with Gasteiger partial charge in [0.2, 0.25) is 0 Å². The summed E-state index contributed by atoms with van der Waals surface area (Å²) < 4.78 is 0. The van der Waals surface area contributed by atoms with Crippen LogP contribution in [-0.4, -0.2) is 11.1 Å². The van der Waals surface area contributed by atoms with E-state index < -0.39 is 5.97 Å². The Morgan fingerprint density at radius 2 is 1.43 bits per heavy atom. The van der Waals surface area contributed by atoms with Gasteiger partial charge in [-0.15, -0.1) is 0 Å². The first-order valence-electron chi connectivity index (χ1n) is 10.4. The van der Waals surface area contributed by atoms with Crippen molar-refractivity contribution >= 4 is 5.97 Å². The highest BCUT2D eigenvalue weighted by atomic mass is 16.4. The molecular formula is C21H40O2. The molecule has 2 heteroatoms. The van der Waals surface area contributed by atoms with Crippen LogP contribution in [0, 0.1) is 17.8 Å². The van der Waals surface area contributed by atoms with Gasteiger partial charge in [-0.25, -0.2) is 0 Å². The second kappa shape index (κ2) is 12.8. The largest absolute Gasteiger partial charge is 0.481 e. The molecule has 23 heavy (non-hydrogen) atoms. The number of hydrogen-bond donors (Lipinski definition) is 1. The number of hydrogen-bond acceptors (Lipinski definition) is 1. The SMILES string of the molecule is CCCCCCCC[C@H]1CCC[C@@H]1CCCCC[C@@H](C)C(=O)O. The number of rotatable bonds is 14. The average molecular weight is 325 g/mol. The van der Waals surface area contributed by atoms with Crippen LogP contribution in [-0.2, 0) is 4.79 Å². The first-order valence-corrected chi connectivity index (χ1v) is 10.4. The molecule has 1 fully saturated rings. The zero-order valence-corrected chi connectivity index (χ0v) is 15.7. The summed E-state index contributed by atoms with van der Waals surface area (Å²) in [6.45, 7) is 4.11. The van der Waals surface area contributed by atoms with E-state index in [2.05, 4.69) is 6.92 Å². The van der Waals surface area contributed by atoms with Crippen LogP contribution in [0.25, 0.3) is 0 Å². The number of carbonyl (C=O) groups is 1. The molecule has 0 aromatic heterocycles. The van der Waals surface area contributed by atoms with Crippen LogP contribution >= 0.6 is 0 Å². The number of carboxylic acid groups (broad SMARTS) is 1. The van der Waals surface area contributed by atoms with Crippen molar-refractivity contribution in [3.05, 3.63) is 0 Å². The van der Waals surface area contributed by atoms with E-state index in [0.29, 0.717) is 0 Å². The maximum atomic E-state index is 10.8. The van der Waals surface area contributed by atoms with Crippen LogP contribution < -0.4 is 0 Å². The lowest BCUT2D eigenvalue weighted by Gasteiger charge is -2.19. The van der Waals surface area contributed by atoms with Gasteiger partial charge >= 0.3 is 5.97 Å². The van der Waals surface area contributed by atoms with Gasteiger partial charge in [-0.2, -0.15) is 0 Å². The summed E-state index contributed by atoms with van der Waals surface area (Å²) in [5, 5.41) is 8.90. The molecule has 0 saturated heterocycles. The van der Waals surface area contributed by atoms with Gasteiger partial charge in [0.05, 0.1) is 5.92 Å². The molecule has 1 N–H and O–H groups in total. The molecule has 1 saturated carbocycles. The quantitative estimate of drug-likeness (QED) is 0.356. The van der Waals surface area contributed by atoms with Gasteiger partial charge in [0.15, 0.2) is 0 Å². The Labute approximate surface area is 144 Å². The van der Waals surface area contributed by atoms with Crippen LogP contribution in [0.5, 0.6) is 0 Å². The molecule has 0 aromatic carbocycles. The monoisotopic (exact) mass is 324 g/mol. The molecule has 1 aliphatic rings. The standard InChI is InChI=1S/C21H40O2/c1-3-4-5-6-7-10-14-19-16-12-17-20(19)15-11-8-9-13-18(2)21(22)23/h18-20H,3-17H2,1-2H3,(H,22,23)/t18-,19+,20+/m1/s1. The average Bonchev–Trinajstić information content (AvgIpc) is 2.97. The molecule has 1 aliphatic carbocycles. The summed E-state index contributed by atoms with van der Waals surface area (Å²) in [7, 11) is 0. The molecule has 0 bridgehead atoms. The summed E-state index contributed by atoms with van der Waals surface area (Å²) >= 11 is 0. The van der Waals surface area contributed by atoms with E-state index in [1.165, 1.54) is 83.5 Å². The van der Waals surface area contributed by atoms with E-state index in [1.54, 1.807) is 0 Å². The van der Waals surface area contributed by atoms with Crippen molar-refractivity contribution in [2.24, 2.45) is 17.8 Å². The maximum Gasteiger partial charge on any atom is 0.306 e. The third-order valence-corrected chi connectivity index (χ3v) is 5.88. The smallest absolute Gasteiger partial charge is 0.306 e. The Bertz CT molecular complexity index is 300. The zero-order valence-electron chi connectivity index (χ0n) is 15.7. The van der Waals surface area contributed by atoms with Crippen LogP contribution in [0.3, 0.4) is 0 Å². The Hall–Kier alpha value is -0.530. The fourth-order valence-electron chi connectivity index (χ4n) is 4.22. The molecule has 0 spiro atoms. The fourth-order valence-corrected chi connectivity index (χ4v) is 4.22. The second-order valence-corrected chi connectivity index (χ2v) is 7.88. The van der Waals surface area contributed by atoms with E-state index in [4.69, 9.17) is 5.11 Å². The van der Waals surface area contributed by atoms with Gasteiger partial charge in [0.25, 0.3) is 0 Å². The van der Waals surface area contributed by atoms with E-state index in [-0.39, 0.29) is 5.92 Å². The summed E-state index contributed by atoms with van der Waals surface area (Å²) in [6, 6.07) is 0. The maximum absolute atomic E-state index is 10.8. The van der Waals surface area contributed by atoms with Crippen molar-refractivity contribution < 1.29 is 9.90 Å². The van der Waals surface area contributed by atoms with E-state index >= 15 is 0 Å². The van der Waals surface area contributed by atoms with Crippen LogP contribution in [0.15, 0.2) is 0 Å². The molecule has 0 amide bonds. The number of carboxylic acids is 1. The van der Waals surface area contributed by atoms with E-state index in [0.717, 1.165) is 24.7 Å². The van der Waals surface area contributed by atoms with Crippen molar-refractivity contribution in [1.29, 1.82) is 0 Å². The summed E-state index contributed by atoms with van der Waals surface area (Å²) in [5.41, 5.74) is 0. The van der Waals surface area contributed by atoms with Crippen molar-refractivity contribution in [1.82, 2.24) is 0 Å². The molecule has 1 rings (SSSR count). The predicted molar refractivity (Wildman–Crippen MR) is 98.7 cm³/mol. The molecule has 0 aliphatic heterocycles. The van der Waals surface area contributed by atoms with Gasteiger partial charge < -0.3 is 5.11 Å². The number of aliphatic carboxylic acids is 1. The predicted octanol–water partition coefficient (Wildman–Crippen LogP) is 6.82. The molecule has 0 radical (unpaired) electrons. The third kappa shape index (κ3) is 9.37. The minimum atomic E-state index is -0.639. The molecule has 0 heterocycles. The first kappa shape index (κ1) is 20.5. The van der Waals surface area contributed by atoms with Gasteiger partial charge in [0, 0.05) is 0 Å². The lowest BCUT2D eigenvalue weighted by atomic mass is 9.86. The lowest BCUT2D eigenvalue weighted by molar-refractivity contribution is -0.141. The minimum Gasteiger partial charge on any atom is -0.481 e. The van der Waals surface area contributed by atoms with Gasteiger partial charge in [0.1, 0.15) is 0 Å². The van der Waals surface area contributed by atoms with Crippen molar-refractivity contribution in [2.75, 3.05) is 0 Å². The molecule has 2 nitrogen and oxygen atoms in total. The van der Waals surface area contributed by atoms with Crippen molar-refractivity contribution in [3.63, 3.8) is 0 Å². The highest BCUT2D eigenvalue weighted by molar-refractivity contribution is 5.69. The zero-order chi connectivity index (χ0) is 16.9. The Kier molecular flexibility index (Phi) is 11.5. The highest BCUT2D eigenvalue weighted by Gasteiger charge is 2.26. The number of unbranched alkanes of at least 4 members (excludes halogenated alkanes) is 7. The summed E-state index contributed by atoms with van der Waals surface area (Å²) in [6.07, 6.45) is 20.2. The fraction of sp³-hybridized carbons (Fsp3) is 0.952. The molecular weight excluding hydrogens is 284 g/mol. The molecule has 0 unspecified atom stereocenters. The van der Waals surface area contributed by atoms with Gasteiger partial charge in [-0.05, 0) is 18.3 Å². The topological polar surface area (TPSA) is 37.3 Å². The van der Waals surface area contributed by atoms with Gasteiger partial charge in [-0.3, -0.25) is 4.79 Å². The van der Waals surface area contributed by atoms with Crippen LogP contribution in [0.1, 0.15) is 110 Å². The summed E-state index contributed by atoms with van der Waals surface area (Å²) in [4.78, 5) is 10.8. The van der Waals surface area contributed by atoms with E-state index in [9.17, 15) is 4.79 Å². The highest BCUT2D eigenvalue weighted by Crippen LogP contribution is 2.38. The Morgan fingerprint density at radius 1 is 0.913 bits per heavy atom. The van der Waals surface area contributed by atoms with Crippen molar-refractivity contribution in [2.45, 2.75) is 110 Å². The Morgan fingerprint density at radius 3 is 2.00 bits per heavy atom. The second-order valence-electron chi connectivity index (χ2n) is 7.88. The third-order valence-electron chi connectivity index (χ3n) is 5.88. The summed E-state index contributed by atoms with van der Waals surface area (Å²) in [5.74, 6) is 1.17. The molecule has 0 aromatic rings. The van der Waals surface area contributed by atoms with Crippen molar-refractivity contribution in [3.8, 4) is 0 Å². The van der Waals surface area contributed by atoms with Crippen LogP contribution in [0.4, 0.5) is 0 Å².